The fourth-order valence-corrected chi connectivity index (χ4v) is 8.34. The van der Waals surface area contributed by atoms with Crippen LogP contribution in [0, 0.1) is 0 Å². The van der Waals surface area contributed by atoms with Crippen molar-refractivity contribution in [3.63, 3.8) is 0 Å². The van der Waals surface area contributed by atoms with Crippen molar-refractivity contribution in [2.75, 3.05) is 45.3 Å². The van der Waals surface area contributed by atoms with Crippen LogP contribution in [0.3, 0.4) is 0 Å². The molecule has 8 nitrogen and oxygen atoms in total. The number of benzene rings is 4. The summed E-state index contributed by atoms with van der Waals surface area (Å²) in [5.74, 6) is 1.59. The molecule has 2 aliphatic carbocycles. The molecule has 1 unspecified atom stereocenters. The molecule has 1 fully saturated rings. The van der Waals surface area contributed by atoms with E-state index in [-0.39, 0.29) is 5.92 Å². The lowest BCUT2D eigenvalue weighted by atomic mass is 9.74. The van der Waals surface area contributed by atoms with Gasteiger partial charge < -0.3 is 23.5 Å². The SMILES string of the molecule is CC[N+](CC)=c1ccc2c(-c3ccccc3C(=O)OC)c3c(oc-2c1)C=C1Oc2cc(N4CCCC4)ccc2C(c2ccccc2C(=O)OC)=C1C3C. The molecular weight excluding hydrogens is 665 g/mol. The van der Waals surface area contributed by atoms with Crippen molar-refractivity contribution in [1.82, 2.24) is 4.58 Å². The number of hydrogen-bond acceptors (Lipinski definition) is 7. The van der Waals surface area contributed by atoms with E-state index in [0.29, 0.717) is 28.4 Å². The first-order valence-electron chi connectivity index (χ1n) is 18.4. The van der Waals surface area contributed by atoms with Gasteiger partial charge in [-0.3, -0.25) is 0 Å². The van der Waals surface area contributed by atoms with Crippen molar-refractivity contribution in [3.05, 3.63) is 135 Å². The highest BCUT2D eigenvalue weighted by atomic mass is 16.5. The molecule has 3 aromatic rings. The normalized spacial score (nSPS) is 16.0. The van der Waals surface area contributed by atoms with Gasteiger partial charge in [-0.25, -0.2) is 14.2 Å². The number of esters is 2. The maximum absolute atomic E-state index is 13.3. The summed E-state index contributed by atoms with van der Waals surface area (Å²) < 4.78 is 26.7. The van der Waals surface area contributed by atoms with Crippen LogP contribution in [-0.4, -0.2) is 52.3 Å². The average Bonchev–Trinajstić information content (AvgIpc) is 3.74. The Morgan fingerprint density at radius 1 is 0.792 bits per heavy atom. The Balaban J connectivity index is 1.47. The largest absolute Gasteiger partial charge is 0.465 e. The summed E-state index contributed by atoms with van der Waals surface area (Å²) in [7, 11) is 2.81. The molecule has 0 N–H and O–H groups in total. The molecule has 0 aromatic heterocycles. The molecule has 0 amide bonds. The molecule has 3 aromatic carbocycles. The van der Waals surface area contributed by atoms with Gasteiger partial charge in [0.05, 0.1) is 31.4 Å². The van der Waals surface area contributed by atoms with E-state index in [2.05, 4.69) is 66.6 Å². The molecule has 8 rings (SSSR count). The zero-order valence-corrected chi connectivity index (χ0v) is 30.8. The summed E-state index contributed by atoms with van der Waals surface area (Å²) in [6, 6.07) is 27.8. The van der Waals surface area contributed by atoms with Crippen LogP contribution in [0.5, 0.6) is 5.75 Å². The summed E-state index contributed by atoms with van der Waals surface area (Å²) in [5, 5.41) is 1.05. The van der Waals surface area contributed by atoms with Crippen LogP contribution in [0.25, 0.3) is 34.1 Å². The molecule has 3 aliphatic heterocycles. The molecule has 53 heavy (non-hydrogen) atoms. The number of carbonyl (C=O) groups excluding carboxylic acids is 2. The van der Waals surface area contributed by atoms with Crippen molar-refractivity contribution in [1.29, 1.82) is 0 Å². The van der Waals surface area contributed by atoms with Crippen LogP contribution < -0.4 is 19.6 Å². The van der Waals surface area contributed by atoms with Crippen LogP contribution in [0.15, 0.2) is 101 Å². The summed E-state index contributed by atoms with van der Waals surface area (Å²) in [6.07, 6.45) is 4.29. The molecule has 1 atom stereocenters. The van der Waals surface area contributed by atoms with Gasteiger partial charge in [0.2, 0.25) is 5.36 Å². The molecule has 1 saturated heterocycles. The highest BCUT2D eigenvalue weighted by Gasteiger charge is 2.39. The van der Waals surface area contributed by atoms with Crippen LogP contribution in [-0.2, 0) is 9.47 Å². The van der Waals surface area contributed by atoms with Gasteiger partial charge in [0, 0.05) is 76.3 Å². The highest BCUT2D eigenvalue weighted by Crippen LogP contribution is 2.54. The molecule has 0 spiro atoms. The Kier molecular flexibility index (Phi) is 8.98. The number of nitrogens with zero attached hydrogens (tertiary/aromatic N) is 2. The zero-order valence-electron chi connectivity index (χ0n) is 30.8. The van der Waals surface area contributed by atoms with Gasteiger partial charge in [-0.15, -0.1) is 0 Å². The molecular formula is C45H43N2O6+. The molecule has 0 saturated carbocycles. The lowest BCUT2D eigenvalue weighted by Crippen LogP contribution is -2.29. The third kappa shape index (κ3) is 5.73. The fraction of sp³-hybridized carbons (Fsp3) is 0.267. The second kappa shape index (κ2) is 13.9. The highest BCUT2D eigenvalue weighted by molar-refractivity contribution is 6.04. The van der Waals surface area contributed by atoms with Crippen LogP contribution in [0.1, 0.15) is 82.7 Å². The standard InChI is InChI=1S/C45H43N2O6/c1-6-46(7-2)28-18-20-34-36(24-28)52-38-26-39-41(27(3)40(38)42(34)30-14-8-10-16-32(30)44(48)50-4)43(31-15-9-11-17-33(31)45(49)51-5)35-21-19-29(25-37(35)53-39)47-22-12-13-23-47/h8-11,14-21,24-27H,6-7,12-13,22-23H2,1-5H3/q+1. The van der Waals surface area contributed by atoms with Gasteiger partial charge >= 0.3 is 11.9 Å². The van der Waals surface area contributed by atoms with Crippen molar-refractivity contribution in [3.8, 4) is 28.2 Å². The molecule has 0 bridgehead atoms. The molecule has 5 aliphatic rings. The maximum Gasteiger partial charge on any atom is 0.338 e. The number of anilines is 1. The number of fused-ring (bicyclic) bond motifs is 4. The predicted octanol–water partition coefficient (Wildman–Crippen LogP) is 8.39. The van der Waals surface area contributed by atoms with Crippen LogP contribution >= 0.6 is 0 Å². The number of rotatable bonds is 7. The van der Waals surface area contributed by atoms with Crippen molar-refractivity contribution < 1.29 is 28.2 Å². The number of hydrogen-bond donors (Lipinski definition) is 0. The maximum atomic E-state index is 13.3. The zero-order chi connectivity index (χ0) is 36.8. The lowest BCUT2D eigenvalue weighted by Gasteiger charge is -2.35. The van der Waals surface area contributed by atoms with Crippen LogP contribution in [0.4, 0.5) is 5.69 Å². The number of carbonyl (C=O) groups is 2. The Morgan fingerprint density at radius 3 is 2.11 bits per heavy atom. The number of ether oxygens (including phenoxy) is 3. The van der Waals surface area contributed by atoms with E-state index in [1.54, 1.807) is 6.07 Å². The Labute approximate surface area is 309 Å². The lowest BCUT2D eigenvalue weighted by molar-refractivity contribution is 0.0592. The first-order chi connectivity index (χ1) is 25.9. The first-order valence-corrected chi connectivity index (χ1v) is 18.4. The minimum Gasteiger partial charge on any atom is -0.465 e. The van der Waals surface area contributed by atoms with Crippen molar-refractivity contribution in [2.45, 2.75) is 39.5 Å². The quantitative estimate of drug-likeness (QED) is 0.124. The third-order valence-electron chi connectivity index (χ3n) is 10.9. The van der Waals surface area contributed by atoms with E-state index in [4.69, 9.17) is 18.6 Å². The number of allylic oxidation sites excluding steroid dienone is 1. The van der Waals surface area contributed by atoms with Gasteiger partial charge in [0.1, 0.15) is 36.1 Å². The third-order valence-corrected chi connectivity index (χ3v) is 10.9. The Bertz CT molecular complexity index is 2390. The molecule has 0 radical (unpaired) electrons. The van der Waals surface area contributed by atoms with Gasteiger partial charge in [0.25, 0.3) is 0 Å². The van der Waals surface area contributed by atoms with Gasteiger partial charge in [-0.05, 0) is 68.1 Å². The molecule has 8 heteroatoms. The summed E-state index contributed by atoms with van der Waals surface area (Å²) >= 11 is 0. The van der Waals surface area contributed by atoms with Crippen molar-refractivity contribution in [2.24, 2.45) is 0 Å². The second-order valence-corrected chi connectivity index (χ2v) is 13.7. The Hall–Kier alpha value is -5.89. The minimum absolute atomic E-state index is 0.298. The van der Waals surface area contributed by atoms with E-state index >= 15 is 0 Å². The topological polar surface area (TPSA) is 81.2 Å². The van der Waals surface area contributed by atoms with Gasteiger partial charge in [-0.1, -0.05) is 43.3 Å². The van der Waals surface area contributed by atoms with E-state index in [9.17, 15) is 9.59 Å². The summed E-state index contributed by atoms with van der Waals surface area (Å²) in [4.78, 5) is 29.0. The van der Waals surface area contributed by atoms with E-state index in [1.807, 2.05) is 48.5 Å². The average molecular weight is 708 g/mol. The van der Waals surface area contributed by atoms with Crippen molar-refractivity contribution >= 4 is 29.3 Å². The van der Waals surface area contributed by atoms with Gasteiger partial charge in [0.15, 0.2) is 0 Å². The molecule has 268 valence electrons. The first kappa shape index (κ1) is 34.2. The Morgan fingerprint density at radius 2 is 1.43 bits per heavy atom. The fourth-order valence-electron chi connectivity index (χ4n) is 8.34. The van der Waals surface area contributed by atoms with E-state index in [1.165, 1.54) is 14.2 Å². The second-order valence-electron chi connectivity index (χ2n) is 13.7. The van der Waals surface area contributed by atoms with Gasteiger partial charge in [-0.2, -0.15) is 0 Å². The van der Waals surface area contributed by atoms with Crippen LogP contribution in [0.2, 0.25) is 0 Å². The summed E-state index contributed by atoms with van der Waals surface area (Å²) in [6.45, 7) is 10.1. The molecule has 3 heterocycles. The van der Waals surface area contributed by atoms with E-state index < -0.39 is 11.9 Å². The summed E-state index contributed by atoms with van der Waals surface area (Å²) in [5.41, 5.74) is 8.93. The van der Waals surface area contributed by atoms with E-state index in [0.717, 1.165) is 100 Å². The predicted molar refractivity (Wildman–Crippen MR) is 207 cm³/mol. The minimum atomic E-state index is -0.418. The monoisotopic (exact) mass is 707 g/mol. The number of methoxy groups -OCH3 is 2. The smallest absolute Gasteiger partial charge is 0.338 e.